The summed E-state index contributed by atoms with van der Waals surface area (Å²) in [5.41, 5.74) is 1.28. The number of methoxy groups -OCH3 is 1. The number of rotatable bonds is 7. The van der Waals surface area contributed by atoms with E-state index >= 15 is 0 Å². The molecule has 1 N–H and O–H groups in total. The molecule has 1 heterocycles. The number of aryl methyl sites for hydroxylation is 1. The SMILES string of the molecule is CNCC(Cc1cccc(OC)c1)Cc1ncnn1C. The Labute approximate surface area is 120 Å². The number of hydrogen-bond donors (Lipinski definition) is 1. The molecule has 2 rings (SSSR count). The minimum absolute atomic E-state index is 0.481. The number of nitrogens with one attached hydrogen (secondary N) is 1. The van der Waals surface area contributed by atoms with Crippen LogP contribution in [0.15, 0.2) is 30.6 Å². The van der Waals surface area contributed by atoms with Gasteiger partial charge in [-0.15, -0.1) is 0 Å². The Hall–Kier alpha value is -1.88. The summed E-state index contributed by atoms with van der Waals surface area (Å²) in [6.07, 6.45) is 3.51. The van der Waals surface area contributed by atoms with Crippen LogP contribution in [0.25, 0.3) is 0 Å². The molecule has 1 aromatic carbocycles. The fourth-order valence-electron chi connectivity index (χ4n) is 2.40. The molecule has 0 bridgehead atoms. The molecule has 0 aliphatic heterocycles. The molecule has 1 unspecified atom stereocenters. The third-order valence-electron chi connectivity index (χ3n) is 3.43. The molecule has 0 saturated heterocycles. The van der Waals surface area contributed by atoms with Crippen LogP contribution in [0.5, 0.6) is 5.75 Å². The molecule has 0 saturated carbocycles. The fourth-order valence-corrected chi connectivity index (χ4v) is 2.40. The van der Waals surface area contributed by atoms with Gasteiger partial charge in [-0.3, -0.25) is 4.68 Å². The predicted molar refractivity (Wildman–Crippen MR) is 78.8 cm³/mol. The van der Waals surface area contributed by atoms with Crippen molar-refractivity contribution in [1.29, 1.82) is 0 Å². The number of hydrogen-bond acceptors (Lipinski definition) is 4. The highest BCUT2D eigenvalue weighted by atomic mass is 16.5. The third-order valence-corrected chi connectivity index (χ3v) is 3.43. The minimum Gasteiger partial charge on any atom is -0.497 e. The summed E-state index contributed by atoms with van der Waals surface area (Å²) in [5.74, 6) is 2.41. The van der Waals surface area contributed by atoms with Crippen molar-refractivity contribution < 1.29 is 4.74 Å². The van der Waals surface area contributed by atoms with Crippen molar-refractivity contribution in [3.8, 4) is 5.75 Å². The van der Waals surface area contributed by atoms with Crippen molar-refractivity contribution in [2.45, 2.75) is 12.8 Å². The first-order valence-electron chi connectivity index (χ1n) is 6.83. The van der Waals surface area contributed by atoms with Gasteiger partial charge in [0.15, 0.2) is 0 Å². The Morgan fingerprint density at radius 3 is 2.85 bits per heavy atom. The first-order chi connectivity index (χ1) is 9.72. The largest absolute Gasteiger partial charge is 0.497 e. The van der Waals surface area contributed by atoms with E-state index in [1.165, 1.54) is 5.56 Å². The molecule has 0 aliphatic rings. The van der Waals surface area contributed by atoms with Gasteiger partial charge < -0.3 is 10.1 Å². The zero-order chi connectivity index (χ0) is 14.4. The number of aromatic nitrogens is 3. The summed E-state index contributed by atoms with van der Waals surface area (Å²) in [7, 11) is 5.61. The molecule has 1 aromatic heterocycles. The molecule has 5 nitrogen and oxygen atoms in total. The van der Waals surface area contributed by atoms with Crippen LogP contribution < -0.4 is 10.1 Å². The van der Waals surface area contributed by atoms with Crippen LogP contribution in [0.3, 0.4) is 0 Å². The van der Waals surface area contributed by atoms with Gasteiger partial charge in [0, 0.05) is 13.5 Å². The molecular weight excluding hydrogens is 252 g/mol. The monoisotopic (exact) mass is 274 g/mol. The lowest BCUT2D eigenvalue weighted by Crippen LogP contribution is -2.24. The summed E-state index contributed by atoms with van der Waals surface area (Å²) in [5, 5.41) is 7.39. The predicted octanol–water partition coefficient (Wildman–Crippen LogP) is 1.44. The Kier molecular flexibility index (Phi) is 5.12. The molecular formula is C15H22N4O. The van der Waals surface area contributed by atoms with Gasteiger partial charge in [-0.05, 0) is 43.6 Å². The van der Waals surface area contributed by atoms with Crippen LogP contribution in [0.4, 0.5) is 0 Å². The van der Waals surface area contributed by atoms with Crippen LogP contribution in [0.2, 0.25) is 0 Å². The van der Waals surface area contributed by atoms with Gasteiger partial charge in [0.05, 0.1) is 7.11 Å². The van der Waals surface area contributed by atoms with Gasteiger partial charge in [-0.25, -0.2) is 4.98 Å². The lowest BCUT2D eigenvalue weighted by molar-refractivity contribution is 0.413. The molecule has 2 aromatic rings. The summed E-state index contributed by atoms with van der Waals surface area (Å²) in [6.45, 7) is 0.948. The summed E-state index contributed by atoms with van der Waals surface area (Å²) >= 11 is 0. The first kappa shape index (κ1) is 14.5. The van der Waals surface area contributed by atoms with Crippen LogP contribution in [-0.4, -0.2) is 35.5 Å². The van der Waals surface area contributed by atoms with E-state index in [0.29, 0.717) is 5.92 Å². The van der Waals surface area contributed by atoms with Gasteiger partial charge in [0.2, 0.25) is 0 Å². The van der Waals surface area contributed by atoms with E-state index in [4.69, 9.17) is 4.74 Å². The topological polar surface area (TPSA) is 52.0 Å². The molecule has 0 spiro atoms. The summed E-state index contributed by atoms with van der Waals surface area (Å²) in [6, 6.07) is 8.24. The first-order valence-corrected chi connectivity index (χ1v) is 6.83. The maximum absolute atomic E-state index is 5.28. The molecule has 0 amide bonds. The van der Waals surface area contributed by atoms with E-state index in [9.17, 15) is 0 Å². The van der Waals surface area contributed by atoms with E-state index in [2.05, 4.69) is 27.5 Å². The van der Waals surface area contributed by atoms with Crippen LogP contribution in [0, 0.1) is 5.92 Å². The zero-order valence-corrected chi connectivity index (χ0v) is 12.3. The average molecular weight is 274 g/mol. The Morgan fingerprint density at radius 2 is 2.20 bits per heavy atom. The van der Waals surface area contributed by atoms with Crippen molar-refractivity contribution in [3.05, 3.63) is 42.0 Å². The van der Waals surface area contributed by atoms with E-state index in [1.807, 2.05) is 30.9 Å². The normalized spacial score (nSPS) is 12.3. The highest BCUT2D eigenvalue weighted by molar-refractivity contribution is 5.28. The Bertz CT molecular complexity index is 538. The summed E-state index contributed by atoms with van der Waals surface area (Å²) in [4.78, 5) is 4.31. The molecule has 1 atom stereocenters. The van der Waals surface area contributed by atoms with E-state index < -0.39 is 0 Å². The lowest BCUT2D eigenvalue weighted by Gasteiger charge is -2.16. The van der Waals surface area contributed by atoms with Crippen LogP contribution in [0.1, 0.15) is 11.4 Å². The van der Waals surface area contributed by atoms with E-state index in [0.717, 1.165) is 31.0 Å². The van der Waals surface area contributed by atoms with Gasteiger partial charge in [0.25, 0.3) is 0 Å². The van der Waals surface area contributed by atoms with Crippen molar-refractivity contribution in [2.75, 3.05) is 20.7 Å². The van der Waals surface area contributed by atoms with Crippen LogP contribution >= 0.6 is 0 Å². The highest BCUT2D eigenvalue weighted by Gasteiger charge is 2.13. The van der Waals surface area contributed by atoms with Crippen molar-refractivity contribution in [3.63, 3.8) is 0 Å². The maximum Gasteiger partial charge on any atom is 0.138 e. The molecule has 0 aliphatic carbocycles. The van der Waals surface area contributed by atoms with E-state index in [1.54, 1.807) is 13.4 Å². The second-order valence-corrected chi connectivity index (χ2v) is 4.98. The van der Waals surface area contributed by atoms with Gasteiger partial charge in [-0.1, -0.05) is 12.1 Å². The van der Waals surface area contributed by atoms with Gasteiger partial charge in [0.1, 0.15) is 17.9 Å². The molecule has 20 heavy (non-hydrogen) atoms. The smallest absolute Gasteiger partial charge is 0.138 e. The highest BCUT2D eigenvalue weighted by Crippen LogP contribution is 2.17. The van der Waals surface area contributed by atoms with Gasteiger partial charge in [-0.2, -0.15) is 5.10 Å². The molecule has 0 fully saturated rings. The third kappa shape index (κ3) is 3.81. The standard InChI is InChI=1S/C15H22N4O/c1-16-10-13(9-15-17-11-18-19(15)2)7-12-5-4-6-14(8-12)20-3/h4-6,8,11,13,16H,7,9-10H2,1-3H3. The average Bonchev–Trinajstić information content (AvgIpc) is 2.85. The summed E-state index contributed by atoms with van der Waals surface area (Å²) < 4.78 is 7.12. The number of nitrogens with zero attached hydrogens (tertiary/aromatic N) is 3. The Balaban J connectivity index is 2.06. The second kappa shape index (κ2) is 7.05. The molecule has 0 radical (unpaired) electrons. The van der Waals surface area contributed by atoms with Crippen molar-refractivity contribution in [1.82, 2.24) is 20.1 Å². The molecule has 5 heteroatoms. The van der Waals surface area contributed by atoms with Crippen LogP contribution in [-0.2, 0) is 19.9 Å². The number of ether oxygens (including phenoxy) is 1. The lowest BCUT2D eigenvalue weighted by atomic mass is 9.95. The van der Waals surface area contributed by atoms with Crippen molar-refractivity contribution >= 4 is 0 Å². The van der Waals surface area contributed by atoms with E-state index in [-0.39, 0.29) is 0 Å². The van der Waals surface area contributed by atoms with Crippen molar-refractivity contribution in [2.24, 2.45) is 13.0 Å². The molecule has 108 valence electrons. The Morgan fingerprint density at radius 1 is 1.35 bits per heavy atom. The van der Waals surface area contributed by atoms with Gasteiger partial charge >= 0.3 is 0 Å². The second-order valence-electron chi connectivity index (χ2n) is 4.98. The number of benzene rings is 1. The fraction of sp³-hybridized carbons (Fsp3) is 0.467. The minimum atomic E-state index is 0.481. The zero-order valence-electron chi connectivity index (χ0n) is 12.3. The quantitative estimate of drug-likeness (QED) is 0.830. The maximum atomic E-state index is 5.28.